The van der Waals surface area contributed by atoms with E-state index in [9.17, 15) is 14.7 Å². The Balaban J connectivity index is 1.67. The molecule has 2 rings (SSSR count). The maximum Gasteiger partial charge on any atom is 0.338 e. The third-order valence-electron chi connectivity index (χ3n) is 3.01. The summed E-state index contributed by atoms with van der Waals surface area (Å²) in [6.07, 6.45) is 0.551. The van der Waals surface area contributed by atoms with E-state index in [1.54, 1.807) is 31.2 Å². The van der Waals surface area contributed by atoms with Crippen molar-refractivity contribution >= 4 is 12.0 Å². The number of ether oxygens (including phenoxy) is 2. The summed E-state index contributed by atoms with van der Waals surface area (Å²) in [6, 6.07) is 8.21. The molecule has 0 radical (unpaired) electrons. The van der Waals surface area contributed by atoms with Gasteiger partial charge in [-0.3, -0.25) is 4.90 Å². The van der Waals surface area contributed by atoms with Gasteiger partial charge in [0, 0.05) is 6.20 Å². The van der Waals surface area contributed by atoms with Gasteiger partial charge in [0.2, 0.25) is 0 Å². The van der Waals surface area contributed by atoms with Crippen LogP contribution >= 0.6 is 0 Å². The number of amides is 2. The van der Waals surface area contributed by atoms with Crippen LogP contribution in [0.4, 0.5) is 4.79 Å². The van der Waals surface area contributed by atoms with Gasteiger partial charge in [-0.2, -0.15) is 0 Å². The van der Waals surface area contributed by atoms with E-state index in [0.29, 0.717) is 11.1 Å². The SMILES string of the molecule is CC1=CN(COCCOC(=O)c2ccccc2)C(=O)NC1O. The van der Waals surface area contributed by atoms with E-state index in [0.717, 1.165) is 0 Å². The normalized spacial score (nSPS) is 17.7. The number of aliphatic hydroxyl groups is 1. The van der Waals surface area contributed by atoms with Crippen LogP contribution in [0.1, 0.15) is 17.3 Å². The maximum atomic E-state index is 11.7. The first kappa shape index (κ1) is 16.0. The van der Waals surface area contributed by atoms with E-state index in [1.807, 2.05) is 6.07 Å². The smallest absolute Gasteiger partial charge is 0.338 e. The zero-order valence-corrected chi connectivity index (χ0v) is 12.2. The average molecular weight is 306 g/mol. The largest absolute Gasteiger partial charge is 0.460 e. The molecule has 22 heavy (non-hydrogen) atoms. The van der Waals surface area contributed by atoms with Gasteiger partial charge in [0.15, 0.2) is 6.23 Å². The predicted molar refractivity (Wildman–Crippen MR) is 77.7 cm³/mol. The van der Waals surface area contributed by atoms with E-state index in [1.165, 1.54) is 11.1 Å². The first-order chi connectivity index (χ1) is 10.6. The summed E-state index contributed by atoms with van der Waals surface area (Å²) in [5.74, 6) is -0.418. The number of benzene rings is 1. The Bertz CT molecular complexity index is 558. The number of carbonyl (C=O) groups excluding carboxylic acids is 2. The number of nitrogens with one attached hydrogen (secondary N) is 1. The predicted octanol–water partition coefficient (Wildman–Crippen LogP) is 1.06. The molecule has 0 aromatic heterocycles. The fourth-order valence-electron chi connectivity index (χ4n) is 1.80. The molecular formula is C15H18N2O5. The summed E-state index contributed by atoms with van der Waals surface area (Å²) in [5, 5.41) is 11.8. The lowest BCUT2D eigenvalue weighted by atomic mass is 10.2. The number of esters is 1. The number of hydrogen-bond acceptors (Lipinski definition) is 5. The van der Waals surface area contributed by atoms with Gasteiger partial charge in [-0.15, -0.1) is 0 Å². The van der Waals surface area contributed by atoms with Crippen LogP contribution in [-0.4, -0.2) is 48.2 Å². The lowest BCUT2D eigenvalue weighted by Gasteiger charge is -2.27. The molecular weight excluding hydrogens is 288 g/mol. The molecule has 1 aromatic carbocycles. The molecule has 0 saturated carbocycles. The van der Waals surface area contributed by atoms with Crippen molar-refractivity contribution in [3.63, 3.8) is 0 Å². The Hall–Kier alpha value is -2.38. The first-order valence-corrected chi connectivity index (χ1v) is 6.81. The molecule has 1 aromatic rings. The second kappa shape index (κ2) is 7.58. The zero-order chi connectivity index (χ0) is 15.9. The van der Waals surface area contributed by atoms with E-state index in [-0.39, 0.29) is 19.9 Å². The van der Waals surface area contributed by atoms with Gasteiger partial charge in [0.25, 0.3) is 0 Å². The molecule has 0 bridgehead atoms. The lowest BCUT2D eigenvalue weighted by Crippen LogP contribution is -2.48. The van der Waals surface area contributed by atoms with Crippen molar-refractivity contribution in [2.45, 2.75) is 13.2 Å². The minimum absolute atomic E-state index is 0.0127. The summed E-state index contributed by atoms with van der Waals surface area (Å²) in [5.41, 5.74) is 1.09. The highest BCUT2D eigenvalue weighted by Crippen LogP contribution is 2.08. The van der Waals surface area contributed by atoms with Crippen LogP contribution in [0.5, 0.6) is 0 Å². The van der Waals surface area contributed by atoms with Gasteiger partial charge >= 0.3 is 12.0 Å². The second-order valence-corrected chi connectivity index (χ2v) is 4.73. The van der Waals surface area contributed by atoms with E-state index >= 15 is 0 Å². The molecule has 0 spiro atoms. The number of hydrogen-bond donors (Lipinski definition) is 2. The molecule has 1 heterocycles. The Morgan fingerprint density at radius 2 is 2.05 bits per heavy atom. The minimum Gasteiger partial charge on any atom is -0.460 e. The van der Waals surface area contributed by atoms with Crippen molar-refractivity contribution < 1.29 is 24.2 Å². The van der Waals surface area contributed by atoms with Crippen LogP contribution in [0.15, 0.2) is 42.1 Å². The molecule has 0 aliphatic carbocycles. The zero-order valence-electron chi connectivity index (χ0n) is 12.2. The van der Waals surface area contributed by atoms with Crippen LogP contribution in [0.25, 0.3) is 0 Å². The fourth-order valence-corrected chi connectivity index (χ4v) is 1.80. The molecule has 2 amide bonds. The fraction of sp³-hybridized carbons (Fsp3) is 0.333. The van der Waals surface area contributed by atoms with Gasteiger partial charge in [0.05, 0.1) is 12.2 Å². The van der Waals surface area contributed by atoms with E-state index < -0.39 is 18.2 Å². The molecule has 7 nitrogen and oxygen atoms in total. The van der Waals surface area contributed by atoms with Crippen molar-refractivity contribution in [3.05, 3.63) is 47.7 Å². The summed E-state index contributed by atoms with van der Waals surface area (Å²) >= 11 is 0. The second-order valence-electron chi connectivity index (χ2n) is 4.73. The molecule has 7 heteroatoms. The molecule has 0 saturated heterocycles. The van der Waals surface area contributed by atoms with Crippen LogP contribution in [0, 0.1) is 0 Å². The van der Waals surface area contributed by atoms with Crippen molar-refractivity contribution in [2.75, 3.05) is 19.9 Å². The number of aliphatic hydroxyl groups excluding tert-OH is 1. The quantitative estimate of drug-likeness (QED) is 0.606. The highest BCUT2D eigenvalue weighted by molar-refractivity contribution is 5.89. The molecule has 2 N–H and O–H groups in total. The summed E-state index contributed by atoms with van der Waals surface area (Å²) in [6.45, 7) is 1.96. The van der Waals surface area contributed by atoms with Gasteiger partial charge < -0.3 is 19.9 Å². The van der Waals surface area contributed by atoms with Crippen LogP contribution in [-0.2, 0) is 9.47 Å². The van der Waals surface area contributed by atoms with Gasteiger partial charge in [-0.1, -0.05) is 18.2 Å². The van der Waals surface area contributed by atoms with Crippen molar-refractivity contribution in [2.24, 2.45) is 0 Å². The molecule has 1 aliphatic rings. The Kier molecular flexibility index (Phi) is 5.51. The summed E-state index contributed by atoms with van der Waals surface area (Å²) in [7, 11) is 0. The standard InChI is InChI=1S/C15H18N2O5/c1-11-9-17(15(20)16-13(11)18)10-21-7-8-22-14(19)12-5-3-2-4-6-12/h2-6,9,13,18H,7-8,10H2,1H3,(H,16,20). The number of carbonyl (C=O) groups is 2. The van der Waals surface area contributed by atoms with Gasteiger partial charge in [-0.05, 0) is 24.6 Å². The Labute approximate surface area is 128 Å². The van der Waals surface area contributed by atoms with Crippen molar-refractivity contribution in [1.29, 1.82) is 0 Å². The van der Waals surface area contributed by atoms with E-state index in [4.69, 9.17) is 9.47 Å². The maximum absolute atomic E-state index is 11.7. The Morgan fingerprint density at radius 1 is 1.32 bits per heavy atom. The Morgan fingerprint density at radius 3 is 2.77 bits per heavy atom. The number of urea groups is 1. The molecule has 0 fully saturated rings. The third-order valence-corrected chi connectivity index (χ3v) is 3.01. The van der Waals surface area contributed by atoms with Crippen LogP contribution in [0.2, 0.25) is 0 Å². The molecule has 1 aliphatic heterocycles. The summed E-state index contributed by atoms with van der Waals surface area (Å²) in [4.78, 5) is 24.5. The van der Waals surface area contributed by atoms with Crippen LogP contribution < -0.4 is 5.32 Å². The van der Waals surface area contributed by atoms with Crippen molar-refractivity contribution in [3.8, 4) is 0 Å². The van der Waals surface area contributed by atoms with Crippen LogP contribution in [0.3, 0.4) is 0 Å². The van der Waals surface area contributed by atoms with Gasteiger partial charge in [0.1, 0.15) is 13.3 Å². The van der Waals surface area contributed by atoms with E-state index in [2.05, 4.69) is 5.32 Å². The molecule has 118 valence electrons. The first-order valence-electron chi connectivity index (χ1n) is 6.81. The lowest BCUT2D eigenvalue weighted by molar-refractivity contribution is 0.0139. The topological polar surface area (TPSA) is 88.1 Å². The highest BCUT2D eigenvalue weighted by Gasteiger charge is 2.22. The average Bonchev–Trinajstić information content (AvgIpc) is 2.52. The monoisotopic (exact) mass is 306 g/mol. The van der Waals surface area contributed by atoms with Gasteiger partial charge in [-0.25, -0.2) is 9.59 Å². The van der Waals surface area contributed by atoms with Crippen molar-refractivity contribution in [1.82, 2.24) is 10.2 Å². The minimum atomic E-state index is -0.962. The molecule has 1 unspecified atom stereocenters. The number of nitrogens with zero attached hydrogens (tertiary/aromatic N) is 1. The third kappa shape index (κ3) is 4.31. The highest BCUT2D eigenvalue weighted by atomic mass is 16.6. The number of rotatable bonds is 6. The molecule has 1 atom stereocenters. The summed E-state index contributed by atoms with van der Waals surface area (Å²) < 4.78 is 10.3.